The fourth-order valence-corrected chi connectivity index (χ4v) is 1.71. The smallest absolute Gasteiger partial charge is 0.239 e. The van der Waals surface area contributed by atoms with E-state index in [1.54, 1.807) is 19.1 Å². The Hall–Kier alpha value is -2.08. The second-order valence-electron chi connectivity index (χ2n) is 4.37. The number of amides is 1. The zero-order valence-corrected chi connectivity index (χ0v) is 12.7. The lowest BCUT2D eigenvalue weighted by molar-refractivity contribution is -0.115. The lowest BCUT2D eigenvalue weighted by Gasteiger charge is -2.06. The highest BCUT2D eigenvalue weighted by molar-refractivity contribution is 9.10. The van der Waals surface area contributed by atoms with Gasteiger partial charge in [0.15, 0.2) is 5.78 Å². The molecule has 1 aromatic heterocycles. The molecule has 21 heavy (non-hydrogen) atoms. The van der Waals surface area contributed by atoms with Crippen LogP contribution in [0.15, 0.2) is 42.6 Å². The third-order valence-corrected chi connectivity index (χ3v) is 3.16. The molecule has 0 aliphatic carbocycles. The van der Waals surface area contributed by atoms with E-state index in [1.165, 1.54) is 30.5 Å². The summed E-state index contributed by atoms with van der Waals surface area (Å²) >= 11 is 3.15. The first-order chi connectivity index (χ1) is 9.97. The number of carbonyl (C=O) groups excluding carboxylic acids is 2. The Labute approximate surface area is 129 Å². The van der Waals surface area contributed by atoms with Gasteiger partial charge in [0.2, 0.25) is 5.91 Å². The highest BCUT2D eigenvalue weighted by atomic mass is 79.9. The molecule has 1 atom stereocenters. The van der Waals surface area contributed by atoms with Crippen molar-refractivity contribution >= 4 is 33.4 Å². The van der Waals surface area contributed by atoms with E-state index in [0.29, 0.717) is 16.9 Å². The van der Waals surface area contributed by atoms with Gasteiger partial charge in [0.25, 0.3) is 0 Å². The van der Waals surface area contributed by atoms with Gasteiger partial charge in [-0.05, 0) is 43.3 Å². The van der Waals surface area contributed by atoms with E-state index in [2.05, 4.69) is 26.2 Å². The largest absolute Gasteiger partial charge is 0.310 e. The van der Waals surface area contributed by atoms with Gasteiger partial charge in [-0.15, -0.1) is 0 Å². The van der Waals surface area contributed by atoms with Gasteiger partial charge in [-0.2, -0.15) is 0 Å². The van der Waals surface area contributed by atoms with E-state index in [0.717, 1.165) is 0 Å². The molecule has 0 fully saturated rings. The molecule has 1 amide bonds. The summed E-state index contributed by atoms with van der Waals surface area (Å²) in [4.78, 5) is 27.3. The Bertz CT molecular complexity index is 654. The normalized spacial score (nSPS) is 11.8. The van der Waals surface area contributed by atoms with Crippen molar-refractivity contribution < 1.29 is 14.0 Å². The second kappa shape index (κ2) is 6.58. The molecule has 2 aromatic rings. The quantitative estimate of drug-likeness (QED) is 0.680. The zero-order chi connectivity index (χ0) is 15.4. The molecular weight excluding hydrogens is 339 g/mol. The molecule has 0 aliphatic heterocycles. The predicted octanol–water partition coefficient (Wildman–Crippen LogP) is 3.17. The monoisotopic (exact) mass is 350 g/mol. The topological polar surface area (TPSA) is 59.1 Å². The van der Waals surface area contributed by atoms with Gasteiger partial charge in [-0.3, -0.25) is 9.59 Å². The Kier molecular flexibility index (Phi) is 4.80. The van der Waals surface area contributed by atoms with Crippen LogP contribution in [0, 0.1) is 5.82 Å². The number of benzene rings is 1. The molecule has 1 aromatic carbocycles. The van der Waals surface area contributed by atoms with E-state index >= 15 is 0 Å². The van der Waals surface area contributed by atoms with Crippen LogP contribution in [0.5, 0.6) is 0 Å². The van der Waals surface area contributed by atoms with Crippen molar-refractivity contribution in [2.75, 3.05) is 5.32 Å². The van der Waals surface area contributed by atoms with Crippen LogP contribution in [-0.2, 0) is 4.79 Å². The number of anilines is 1. The van der Waals surface area contributed by atoms with Crippen molar-refractivity contribution in [2.45, 2.75) is 11.8 Å². The Morgan fingerprint density at radius 1 is 1.14 bits per heavy atom. The maximum absolute atomic E-state index is 12.8. The lowest BCUT2D eigenvalue weighted by atomic mass is 10.1. The van der Waals surface area contributed by atoms with Crippen LogP contribution in [-0.4, -0.2) is 21.5 Å². The van der Waals surface area contributed by atoms with Gasteiger partial charge in [0.1, 0.15) is 11.6 Å². The van der Waals surface area contributed by atoms with Crippen LogP contribution in [0.25, 0.3) is 0 Å². The number of hydrogen-bond donors (Lipinski definition) is 1. The number of pyridine rings is 1. The fourth-order valence-electron chi connectivity index (χ4n) is 1.60. The van der Waals surface area contributed by atoms with Crippen molar-refractivity contribution in [1.82, 2.24) is 4.98 Å². The van der Waals surface area contributed by atoms with E-state index in [4.69, 9.17) is 0 Å². The lowest BCUT2D eigenvalue weighted by Crippen LogP contribution is -2.20. The second-order valence-corrected chi connectivity index (χ2v) is 5.75. The minimum absolute atomic E-state index is 0.222. The summed E-state index contributed by atoms with van der Waals surface area (Å²) in [6, 6.07) is 8.40. The summed E-state index contributed by atoms with van der Waals surface area (Å²) in [5.74, 6) is -0.511. The molecule has 6 heteroatoms. The molecule has 0 bridgehead atoms. The minimum atomic E-state index is -0.397. The molecule has 108 valence electrons. The van der Waals surface area contributed by atoms with E-state index in [-0.39, 0.29) is 16.5 Å². The molecule has 1 unspecified atom stereocenters. The van der Waals surface area contributed by atoms with Gasteiger partial charge < -0.3 is 5.32 Å². The Morgan fingerprint density at radius 2 is 1.76 bits per heavy atom. The number of halogens is 2. The fraction of sp³-hybridized carbons (Fsp3) is 0.133. The van der Waals surface area contributed by atoms with Crippen LogP contribution >= 0.6 is 15.9 Å². The minimum Gasteiger partial charge on any atom is -0.310 e. The van der Waals surface area contributed by atoms with Crippen molar-refractivity contribution in [2.24, 2.45) is 0 Å². The molecule has 0 saturated carbocycles. The first-order valence-corrected chi connectivity index (χ1v) is 7.10. The maximum atomic E-state index is 12.8. The van der Waals surface area contributed by atoms with Gasteiger partial charge >= 0.3 is 0 Å². The first-order valence-electron chi connectivity index (χ1n) is 6.18. The summed E-state index contributed by atoms with van der Waals surface area (Å²) in [5, 5.41) is 2.60. The van der Waals surface area contributed by atoms with Crippen molar-refractivity contribution in [3.8, 4) is 0 Å². The summed E-state index contributed by atoms with van der Waals surface area (Å²) in [5.41, 5.74) is 0.746. The third kappa shape index (κ3) is 3.95. The summed E-state index contributed by atoms with van der Waals surface area (Å²) in [6.45, 7) is 1.70. The van der Waals surface area contributed by atoms with E-state index < -0.39 is 5.82 Å². The average Bonchev–Trinajstić information content (AvgIpc) is 2.48. The zero-order valence-electron chi connectivity index (χ0n) is 11.1. The molecule has 4 nitrogen and oxygen atoms in total. The number of rotatable bonds is 4. The number of alkyl halides is 1. The number of ketones is 1. The maximum Gasteiger partial charge on any atom is 0.239 e. The van der Waals surface area contributed by atoms with Crippen LogP contribution in [0.2, 0.25) is 0 Å². The molecule has 0 spiro atoms. The number of nitrogens with one attached hydrogen (secondary N) is 1. The molecule has 1 N–H and O–H groups in total. The number of aromatic nitrogens is 1. The van der Waals surface area contributed by atoms with Crippen LogP contribution in [0.1, 0.15) is 22.8 Å². The van der Waals surface area contributed by atoms with Gasteiger partial charge in [0.05, 0.1) is 4.83 Å². The van der Waals surface area contributed by atoms with Gasteiger partial charge in [-0.1, -0.05) is 15.9 Å². The van der Waals surface area contributed by atoms with Crippen molar-refractivity contribution in [1.29, 1.82) is 0 Å². The number of nitrogens with zero attached hydrogens (tertiary/aromatic N) is 1. The van der Waals surface area contributed by atoms with E-state index in [1.807, 2.05) is 0 Å². The molecular formula is C15H12BrFN2O2. The van der Waals surface area contributed by atoms with E-state index in [9.17, 15) is 14.0 Å². The van der Waals surface area contributed by atoms with Crippen LogP contribution in [0.3, 0.4) is 0 Å². The Balaban J connectivity index is 2.13. The van der Waals surface area contributed by atoms with Crippen LogP contribution in [0.4, 0.5) is 10.2 Å². The average molecular weight is 351 g/mol. The van der Waals surface area contributed by atoms with Gasteiger partial charge in [-0.25, -0.2) is 9.37 Å². The van der Waals surface area contributed by atoms with Crippen LogP contribution < -0.4 is 5.32 Å². The van der Waals surface area contributed by atoms with Gasteiger partial charge in [0, 0.05) is 17.3 Å². The summed E-state index contributed by atoms with van der Waals surface area (Å²) in [6.07, 6.45) is 1.38. The first kappa shape index (κ1) is 15.3. The number of carbonyl (C=O) groups is 2. The predicted molar refractivity (Wildman–Crippen MR) is 81.1 cm³/mol. The molecule has 2 rings (SSSR count). The SMILES string of the molecule is CC(Br)C(=O)Nc1ccc(C(=O)c2ccc(F)cc2)cn1. The highest BCUT2D eigenvalue weighted by Gasteiger charge is 2.12. The third-order valence-electron chi connectivity index (χ3n) is 2.74. The molecule has 1 heterocycles. The number of hydrogen-bond acceptors (Lipinski definition) is 3. The summed E-state index contributed by atoms with van der Waals surface area (Å²) in [7, 11) is 0. The summed E-state index contributed by atoms with van der Waals surface area (Å²) < 4.78 is 12.8. The molecule has 0 radical (unpaired) electrons. The van der Waals surface area contributed by atoms with Crippen molar-refractivity contribution in [3.63, 3.8) is 0 Å². The standard InChI is InChI=1S/C15H12BrFN2O2/c1-9(16)15(21)19-13-7-4-11(8-18-13)14(20)10-2-5-12(17)6-3-10/h2-9H,1H3,(H,18,19,21). The molecule has 0 aliphatic rings. The molecule has 0 saturated heterocycles. The van der Waals surface area contributed by atoms with Crippen molar-refractivity contribution in [3.05, 3.63) is 59.5 Å². The Morgan fingerprint density at radius 3 is 2.29 bits per heavy atom. The highest BCUT2D eigenvalue weighted by Crippen LogP contribution is 2.12.